The molecular weight excluding hydrogens is 326 g/mol. The monoisotopic (exact) mass is 345 g/mol. The Morgan fingerprint density at radius 3 is 2.27 bits per heavy atom. The highest BCUT2D eigenvalue weighted by Gasteiger charge is 2.21. The largest absolute Gasteiger partial charge is 0.497 e. The minimum Gasteiger partial charge on any atom is -0.497 e. The highest BCUT2D eigenvalue weighted by Crippen LogP contribution is 2.42. The molecule has 0 bridgehead atoms. The molecule has 130 valence electrons. The Bertz CT molecular complexity index is 989. The fourth-order valence-corrected chi connectivity index (χ4v) is 3.07. The van der Waals surface area contributed by atoms with Crippen LogP contribution in [0.5, 0.6) is 11.5 Å². The second-order valence-electron chi connectivity index (χ2n) is 5.75. The van der Waals surface area contributed by atoms with Crippen LogP contribution in [0.1, 0.15) is 11.3 Å². The van der Waals surface area contributed by atoms with Crippen LogP contribution >= 0.6 is 0 Å². The fraction of sp³-hybridized carbons (Fsp3) is 0.143. The van der Waals surface area contributed by atoms with Crippen molar-refractivity contribution in [3.8, 4) is 39.8 Å². The van der Waals surface area contributed by atoms with Gasteiger partial charge in [0.1, 0.15) is 28.9 Å². The first-order valence-electron chi connectivity index (χ1n) is 8.08. The van der Waals surface area contributed by atoms with Gasteiger partial charge in [0.15, 0.2) is 0 Å². The Kier molecular flexibility index (Phi) is 4.76. The summed E-state index contributed by atoms with van der Waals surface area (Å²) in [4.78, 5) is 4.39. The summed E-state index contributed by atoms with van der Waals surface area (Å²) >= 11 is 0. The number of nitriles is 1. The zero-order valence-electron chi connectivity index (χ0n) is 14.9. The van der Waals surface area contributed by atoms with Crippen LogP contribution in [0.4, 0.5) is 5.82 Å². The van der Waals surface area contributed by atoms with Crippen molar-refractivity contribution < 1.29 is 9.47 Å². The lowest BCUT2D eigenvalue weighted by Crippen LogP contribution is -2.04. The van der Waals surface area contributed by atoms with Gasteiger partial charge in [-0.05, 0) is 30.7 Å². The molecule has 5 heteroatoms. The van der Waals surface area contributed by atoms with Crippen molar-refractivity contribution in [2.75, 3.05) is 20.0 Å². The molecule has 2 N–H and O–H groups in total. The molecule has 0 amide bonds. The number of hydrogen-bond acceptors (Lipinski definition) is 5. The lowest BCUT2D eigenvalue weighted by molar-refractivity contribution is 0.415. The molecule has 0 radical (unpaired) electrons. The van der Waals surface area contributed by atoms with Crippen molar-refractivity contribution in [3.05, 3.63) is 59.8 Å². The summed E-state index contributed by atoms with van der Waals surface area (Å²) in [5.74, 6) is 1.67. The van der Waals surface area contributed by atoms with Gasteiger partial charge >= 0.3 is 0 Å². The molecule has 5 nitrogen and oxygen atoms in total. The number of aryl methyl sites for hydroxylation is 1. The fourth-order valence-electron chi connectivity index (χ4n) is 3.07. The van der Waals surface area contributed by atoms with E-state index >= 15 is 0 Å². The Morgan fingerprint density at radius 1 is 0.962 bits per heavy atom. The minimum absolute atomic E-state index is 0.217. The molecule has 0 aliphatic heterocycles. The number of para-hydroxylation sites is 1. The highest BCUT2D eigenvalue weighted by atomic mass is 16.5. The molecule has 0 aliphatic carbocycles. The topological polar surface area (TPSA) is 81.2 Å². The van der Waals surface area contributed by atoms with Crippen LogP contribution in [0.3, 0.4) is 0 Å². The number of nitrogens with zero attached hydrogens (tertiary/aromatic N) is 2. The van der Waals surface area contributed by atoms with Crippen molar-refractivity contribution in [1.29, 1.82) is 5.26 Å². The molecular formula is C21H19N3O2. The van der Waals surface area contributed by atoms with E-state index in [1.54, 1.807) is 14.2 Å². The van der Waals surface area contributed by atoms with E-state index in [1.165, 1.54) is 0 Å². The maximum Gasteiger partial charge on any atom is 0.142 e. The number of ether oxygens (including phenoxy) is 2. The normalized spacial score (nSPS) is 10.2. The Hall–Kier alpha value is -3.52. The first-order valence-corrected chi connectivity index (χ1v) is 8.08. The average Bonchev–Trinajstić information content (AvgIpc) is 2.67. The maximum atomic E-state index is 9.72. The van der Waals surface area contributed by atoms with Crippen molar-refractivity contribution in [3.63, 3.8) is 0 Å². The number of rotatable bonds is 4. The smallest absolute Gasteiger partial charge is 0.142 e. The Labute approximate surface area is 152 Å². The predicted molar refractivity (Wildman–Crippen MR) is 102 cm³/mol. The molecule has 26 heavy (non-hydrogen) atoms. The van der Waals surface area contributed by atoms with Crippen LogP contribution in [-0.2, 0) is 0 Å². The Balaban J connectivity index is 2.39. The third-order valence-corrected chi connectivity index (χ3v) is 4.27. The van der Waals surface area contributed by atoms with Gasteiger partial charge in [-0.1, -0.05) is 30.3 Å². The summed E-state index contributed by atoms with van der Waals surface area (Å²) in [6.45, 7) is 1.88. The molecule has 0 saturated heterocycles. The van der Waals surface area contributed by atoms with Crippen LogP contribution in [0.25, 0.3) is 22.3 Å². The first kappa shape index (κ1) is 17.3. The van der Waals surface area contributed by atoms with Gasteiger partial charge < -0.3 is 15.2 Å². The summed E-state index contributed by atoms with van der Waals surface area (Å²) in [6, 6.07) is 17.4. The Morgan fingerprint density at radius 2 is 1.65 bits per heavy atom. The van der Waals surface area contributed by atoms with Crippen molar-refractivity contribution in [1.82, 2.24) is 4.98 Å². The maximum absolute atomic E-state index is 9.72. The number of benzene rings is 2. The quantitative estimate of drug-likeness (QED) is 0.766. The molecule has 0 atom stereocenters. The first-order chi connectivity index (χ1) is 12.6. The van der Waals surface area contributed by atoms with E-state index in [0.29, 0.717) is 11.3 Å². The minimum atomic E-state index is 0.217. The highest BCUT2D eigenvalue weighted by molar-refractivity contribution is 5.92. The summed E-state index contributed by atoms with van der Waals surface area (Å²) < 4.78 is 10.8. The molecule has 0 saturated carbocycles. The van der Waals surface area contributed by atoms with Gasteiger partial charge in [-0.15, -0.1) is 0 Å². The summed E-state index contributed by atoms with van der Waals surface area (Å²) in [7, 11) is 3.24. The second kappa shape index (κ2) is 7.16. The van der Waals surface area contributed by atoms with Crippen molar-refractivity contribution >= 4 is 5.82 Å². The zero-order chi connectivity index (χ0) is 18.7. The number of pyridine rings is 1. The SMILES string of the molecule is COc1ccc(-c2c(C#N)c(N)nc(C)c2-c2ccccc2OC)cc1. The van der Waals surface area contributed by atoms with Crippen molar-refractivity contribution in [2.24, 2.45) is 0 Å². The summed E-state index contributed by atoms with van der Waals surface area (Å²) in [5.41, 5.74) is 10.4. The molecule has 0 spiro atoms. The third-order valence-electron chi connectivity index (χ3n) is 4.27. The van der Waals surface area contributed by atoms with E-state index < -0.39 is 0 Å². The van der Waals surface area contributed by atoms with Gasteiger partial charge in [-0.2, -0.15) is 5.26 Å². The van der Waals surface area contributed by atoms with Gasteiger partial charge in [0.2, 0.25) is 0 Å². The second-order valence-corrected chi connectivity index (χ2v) is 5.75. The summed E-state index contributed by atoms with van der Waals surface area (Å²) in [6.07, 6.45) is 0. The van der Waals surface area contributed by atoms with E-state index in [0.717, 1.165) is 33.7 Å². The van der Waals surface area contributed by atoms with Gasteiger partial charge in [0.25, 0.3) is 0 Å². The van der Waals surface area contributed by atoms with Gasteiger partial charge in [0.05, 0.1) is 14.2 Å². The average molecular weight is 345 g/mol. The molecule has 0 aliphatic rings. The van der Waals surface area contributed by atoms with Crippen LogP contribution in [-0.4, -0.2) is 19.2 Å². The van der Waals surface area contributed by atoms with Gasteiger partial charge in [0, 0.05) is 22.4 Å². The standard InChI is InChI=1S/C21H19N3O2/c1-13-19(16-6-4-5-7-18(16)26-3)20(17(12-22)21(23)24-13)14-8-10-15(25-2)11-9-14/h4-11H,1-3H3,(H2,23,24). The number of aromatic nitrogens is 1. The summed E-state index contributed by atoms with van der Waals surface area (Å²) in [5, 5.41) is 9.72. The molecule has 0 fully saturated rings. The lowest BCUT2D eigenvalue weighted by Gasteiger charge is -2.18. The van der Waals surface area contributed by atoms with E-state index in [2.05, 4.69) is 11.1 Å². The number of hydrogen-bond donors (Lipinski definition) is 1. The van der Waals surface area contributed by atoms with E-state index in [9.17, 15) is 5.26 Å². The van der Waals surface area contributed by atoms with Crippen LogP contribution in [0, 0.1) is 18.3 Å². The molecule has 1 heterocycles. The van der Waals surface area contributed by atoms with E-state index in [-0.39, 0.29) is 5.82 Å². The van der Waals surface area contributed by atoms with Crippen LogP contribution < -0.4 is 15.2 Å². The predicted octanol–water partition coefficient (Wildman–Crippen LogP) is 4.20. The van der Waals surface area contributed by atoms with Crippen LogP contribution in [0.2, 0.25) is 0 Å². The number of nitrogens with two attached hydrogens (primary N) is 1. The third kappa shape index (κ3) is 2.93. The van der Waals surface area contributed by atoms with Crippen molar-refractivity contribution in [2.45, 2.75) is 6.92 Å². The molecule has 3 aromatic rings. The molecule has 3 rings (SSSR count). The van der Waals surface area contributed by atoms with Crippen LogP contribution in [0.15, 0.2) is 48.5 Å². The number of methoxy groups -OCH3 is 2. The number of nitrogen functional groups attached to an aromatic ring is 1. The number of anilines is 1. The van der Waals surface area contributed by atoms with Gasteiger partial charge in [-0.3, -0.25) is 0 Å². The lowest BCUT2D eigenvalue weighted by atomic mass is 9.89. The van der Waals surface area contributed by atoms with Gasteiger partial charge in [-0.25, -0.2) is 4.98 Å². The van der Waals surface area contributed by atoms with E-state index in [4.69, 9.17) is 15.2 Å². The molecule has 1 aromatic heterocycles. The molecule has 0 unspecified atom stereocenters. The van der Waals surface area contributed by atoms with E-state index in [1.807, 2.05) is 55.5 Å². The zero-order valence-corrected chi connectivity index (χ0v) is 14.9. The molecule has 2 aromatic carbocycles.